The van der Waals surface area contributed by atoms with E-state index in [1.54, 1.807) is 0 Å². The number of nitrogens with one attached hydrogen (secondary N) is 1. The van der Waals surface area contributed by atoms with E-state index < -0.39 is 0 Å². The molecule has 1 aromatic heterocycles. The molecule has 0 amide bonds. The normalized spacial score (nSPS) is 14.0. The first-order valence-electron chi connectivity index (χ1n) is 6.47. The fraction of sp³-hybridized carbons (Fsp3) is 0.188. The molecule has 0 bridgehead atoms. The van der Waals surface area contributed by atoms with E-state index in [-0.39, 0.29) is 0 Å². The average Bonchev–Trinajstić information content (AvgIpc) is 3.04. The lowest BCUT2D eigenvalue weighted by Crippen LogP contribution is -1.85. The first-order valence-corrected chi connectivity index (χ1v) is 6.47. The van der Waals surface area contributed by atoms with Crippen molar-refractivity contribution in [2.24, 2.45) is 0 Å². The number of nitrogens with zero attached hydrogens (tertiary/aromatic N) is 1. The van der Waals surface area contributed by atoms with Gasteiger partial charge in [-0.3, -0.25) is 0 Å². The molecule has 1 N–H and O–H groups in total. The standard InChI is InChI=1S/C16H14N2/c1-2-7-15-14(6-1)17-16(18-15)13-9-8-11-4-3-5-12(11)10-13/h1-2,6-10H,3-5H2,(H,17,18). The molecule has 3 aromatic rings. The monoisotopic (exact) mass is 234 g/mol. The summed E-state index contributed by atoms with van der Waals surface area (Å²) >= 11 is 0. The van der Waals surface area contributed by atoms with Crippen LogP contribution in [-0.4, -0.2) is 9.97 Å². The Labute approximate surface area is 106 Å². The number of rotatable bonds is 1. The second-order valence-electron chi connectivity index (χ2n) is 4.94. The third-order valence-electron chi connectivity index (χ3n) is 3.76. The van der Waals surface area contributed by atoms with Crippen molar-refractivity contribution in [2.75, 3.05) is 0 Å². The van der Waals surface area contributed by atoms with Crippen molar-refractivity contribution in [2.45, 2.75) is 19.3 Å². The fourth-order valence-corrected chi connectivity index (χ4v) is 2.81. The van der Waals surface area contributed by atoms with Crippen molar-refractivity contribution < 1.29 is 0 Å². The molecule has 0 saturated heterocycles. The molecular formula is C16H14N2. The molecule has 4 rings (SSSR count). The highest BCUT2D eigenvalue weighted by atomic mass is 14.9. The van der Waals surface area contributed by atoms with E-state index in [0.717, 1.165) is 16.9 Å². The number of H-pyrrole nitrogens is 1. The van der Waals surface area contributed by atoms with Crippen LogP contribution in [0.4, 0.5) is 0 Å². The van der Waals surface area contributed by atoms with E-state index in [0.29, 0.717) is 0 Å². The van der Waals surface area contributed by atoms with Gasteiger partial charge in [0.05, 0.1) is 11.0 Å². The molecule has 1 aliphatic carbocycles. The number of aromatic amines is 1. The molecule has 1 heterocycles. The molecule has 0 aliphatic heterocycles. The number of imidazole rings is 1. The van der Waals surface area contributed by atoms with Gasteiger partial charge in [0.15, 0.2) is 0 Å². The molecule has 2 heteroatoms. The Hall–Kier alpha value is -2.09. The predicted molar refractivity (Wildman–Crippen MR) is 73.6 cm³/mol. The van der Waals surface area contributed by atoms with Crippen molar-refractivity contribution in [3.8, 4) is 11.4 Å². The number of aromatic nitrogens is 2. The molecule has 88 valence electrons. The van der Waals surface area contributed by atoms with E-state index in [2.05, 4.69) is 34.2 Å². The van der Waals surface area contributed by atoms with Crippen LogP contribution in [0.1, 0.15) is 17.5 Å². The number of aryl methyl sites for hydroxylation is 2. The largest absolute Gasteiger partial charge is 0.338 e. The van der Waals surface area contributed by atoms with Gasteiger partial charge in [-0.25, -0.2) is 4.98 Å². The minimum absolute atomic E-state index is 0.978. The zero-order valence-electron chi connectivity index (χ0n) is 10.1. The summed E-state index contributed by atoms with van der Waals surface area (Å²) < 4.78 is 0. The third-order valence-corrected chi connectivity index (χ3v) is 3.76. The van der Waals surface area contributed by atoms with Gasteiger partial charge in [-0.1, -0.05) is 24.3 Å². The number of para-hydroxylation sites is 2. The molecule has 0 spiro atoms. The molecular weight excluding hydrogens is 220 g/mol. The second kappa shape index (κ2) is 3.70. The average molecular weight is 234 g/mol. The van der Waals surface area contributed by atoms with Gasteiger partial charge in [0, 0.05) is 5.56 Å². The van der Waals surface area contributed by atoms with Crippen LogP contribution in [0.15, 0.2) is 42.5 Å². The zero-order chi connectivity index (χ0) is 11.9. The molecule has 1 aliphatic rings. The van der Waals surface area contributed by atoms with Crippen molar-refractivity contribution in [3.05, 3.63) is 53.6 Å². The van der Waals surface area contributed by atoms with Crippen LogP contribution in [0.25, 0.3) is 22.4 Å². The predicted octanol–water partition coefficient (Wildman–Crippen LogP) is 3.72. The zero-order valence-corrected chi connectivity index (χ0v) is 10.1. The highest BCUT2D eigenvalue weighted by Gasteiger charge is 2.12. The maximum atomic E-state index is 4.65. The van der Waals surface area contributed by atoms with Crippen LogP contribution in [-0.2, 0) is 12.8 Å². The van der Waals surface area contributed by atoms with Crippen LogP contribution >= 0.6 is 0 Å². The maximum Gasteiger partial charge on any atom is 0.138 e. The van der Waals surface area contributed by atoms with E-state index >= 15 is 0 Å². The van der Waals surface area contributed by atoms with E-state index in [1.807, 2.05) is 18.2 Å². The molecule has 0 fully saturated rings. The van der Waals surface area contributed by atoms with Crippen LogP contribution in [0, 0.1) is 0 Å². The number of hydrogen-bond acceptors (Lipinski definition) is 1. The van der Waals surface area contributed by atoms with Gasteiger partial charge < -0.3 is 4.98 Å². The smallest absolute Gasteiger partial charge is 0.138 e. The van der Waals surface area contributed by atoms with Crippen molar-refractivity contribution in [1.29, 1.82) is 0 Å². The second-order valence-corrected chi connectivity index (χ2v) is 4.94. The van der Waals surface area contributed by atoms with Gasteiger partial charge in [-0.2, -0.15) is 0 Å². The lowest BCUT2D eigenvalue weighted by atomic mass is 10.1. The molecule has 0 saturated carbocycles. The minimum Gasteiger partial charge on any atom is -0.338 e. The Balaban J connectivity index is 1.86. The lowest BCUT2D eigenvalue weighted by molar-refractivity contribution is 0.912. The first kappa shape index (κ1) is 9.89. The maximum absolute atomic E-state index is 4.65. The SMILES string of the molecule is c1ccc2[nH]c(-c3ccc4c(c3)CCC4)nc2c1. The van der Waals surface area contributed by atoms with E-state index in [9.17, 15) is 0 Å². The van der Waals surface area contributed by atoms with E-state index in [4.69, 9.17) is 0 Å². The van der Waals surface area contributed by atoms with Crippen LogP contribution in [0.2, 0.25) is 0 Å². The highest BCUT2D eigenvalue weighted by Crippen LogP contribution is 2.27. The quantitative estimate of drug-likeness (QED) is 0.683. The summed E-state index contributed by atoms with van der Waals surface area (Å²) in [6, 6.07) is 14.9. The molecule has 0 radical (unpaired) electrons. The Morgan fingerprint density at radius 3 is 2.78 bits per heavy atom. The van der Waals surface area contributed by atoms with Gasteiger partial charge in [-0.05, 0) is 48.6 Å². The Kier molecular flexibility index (Phi) is 2.04. The summed E-state index contributed by atoms with van der Waals surface area (Å²) in [7, 11) is 0. The Morgan fingerprint density at radius 1 is 0.944 bits per heavy atom. The number of hydrogen-bond donors (Lipinski definition) is 1. The summed E-state index contributed by atoms with van der Waals surface area (Å²) in [6.45, 7) is 0. The van der Waals surface area contributed by atoms with Crippen LogP contribution < -0.4 is 0 Å². The van der Waals surface area contributed by atoms with Gasteiger partial charge in [0.1, 0.15) is 5.82 Å². The molecule has 18 heavy (non-hydrogen) atoms. The summed E-state index contributed by atoms with van der Waals surface area (Å²) in [6.07, 6.45) is 3.73. The Bertz CT molecular complexity index is 692. The molecule has 2 nitrogen and oxygen atoms in total. The van der Waals surface area contributed by atoms with Gasteiger partial charge >= 0.3 is 0 Å². The fourth-order valence-electron chi connectivity index (χ4n) is 2.81. The molecule has 2 aromatic carbocycles. The van der Waals surface area contributed by atoms with Crippen molar-refractivity contribution >= 4 is 11.0 Å². The summed E-state index contributed by atoms with van der Waals surface area (Å²) in [4.78, 5) is 8.04. The highest BCUT2D eigenvalue weighted by molar-refractivity contribution is 5.79. The Morgan fingerprint density at radius 2 is 1.83 bits per heavy atom. The topological polar surface area (TPSA) is 28.7 Å². The van der Waals surface area contributed by atoms with Crippen molar-refractivity contribution in [1.82, 2.24) is 9.97 Å². The number of benzene rings is 2. The van der Waals surface area contributed by atoms with Crippen LogP contribution in [0.3, 0.4) is 0 Å². The lowest BCUT2D eigenvalue weighted by Gasteiger charge is -2.01. The third kappa shape index (κ3) is 1.46. The summed E-state index contributed by atoms with van der Waals surface area (Å²) in [5, 5.41) is 0. The first-order chi connectivity index (χ1) is 8.90. The molecule has 0 atom stereocenters. The summed E-state index contributed by atoms with van der Waals surface area (Å²) in [5.41, 5.74) is 6.34. The van der Waals surface area contributed by atoms with Crippen LogP contribution in [0.5, 0.6) is 0 Å². The summed E-state index contributed by atoms with van der Waals surface area (Å²) in [5.74, 6) is 0.978. The van der Waals surface area contributed by atoms with Gasteiger partial charge in [0.25, 0.3) is 0 Å². The van der Waals surface area contributed by atoms with E-state index in [1.165, 1.54) is 36.0 Å². The van der Waals surface area contributed by atoms with Crippen molar-refractivity contribution in [3.63, 3.8) is 0 Å². The van der Waals surface area contributed by atoms with Gasteiger partial charge in [0.2, 0.25) is 0 Å². The molecule has 0 unspecified atom stereocenters. The van der Waals surface area contributed by atoms with Gasteiger partial charge in [-0.15, -0.1) is 0 Å². The minimum atomic E-state index is 0.978. The number of fused-ring (bicyclic) bond motifs is 2.